The van der Waals surface area contributed by atoms with Gasteiger partial charge in [0, 0.05) is 18.1 Å². The Labute approximate surface area is 259 Å². The van der Waals surface area contributed by atoms with E-state index in [4.69, 9.17) is 23.2 Å². The van der Waals surface area contributed by atoms with Crippen molar-refractivity contribution in [1.29, 1.82) is 0 Å². The molecule has 0 radical (unpaired) electrons. The predicted octanol–water partition coefficient (Wildman–Crippen LogP) is 6.79. The van der Waals surface area contributed by atoms with Crippen molar-refractivity contribution >= 4 is 50.7 Å². The molecule has 43 heavy (non-hydrogen) atoms. The maximum absolute atomic E-state index is 14.0. The summed E-state index contributed by atoms with van der Waals surface area (Å²) in [6.45, 7) is 4.89. The smallest absolute Gasteiger partial charge is 0.354 e. The highest BCUT2D eigenvalue weighted by Crippen LogP contribution is 2.38. The fraction of sp³-hybridized carbons (Fsp3) is 0.333. The van der Waals surface area contributed by atoms with Crippen LogP contribution in [-0.2, 0) is 32.3 Å². The Hall–Kier alpha value is -3.28. The lowest BCUT2D eigenvalue weighted by Crippen LogP contribution is -2.52. The second kappa shape index (κ2) is 14.5. The van der Waals surface area contributed by atoms with Crippen LogP contribution in [0.15, 0.2) is 77.7 Å². The number of hydrogen-bond donors (Lipinski definition) is 1. The van der Waals surface area contributed by atoms with Crippen LogP contribution < -0.4 is 9.62 Å². The van der Waals surface area contributed by atoms with Crippen LogP contribution in [0.25, 0.3) is 0 Å². The topological polar surface area (TPSA) is 86.8 Å². The fourth-order valence-electron chi connectivity index (χ4n) is 4.26. The van der Waals surface area contributed by atoms with Gasteiger partial charge in [-0.15, -0.1) is 0 Å². The van der Waals surface area contributed by atoms with Crippen LogP contribution in [0.3, 0.4) is 0 Å². The van der Waals surface area contributed by atoms with E-state index in [9.17, 15) is 31.2 Å². The molecular weight excluding hydrogens is 626 g/mol. The minimum absolute atomic E-state index is 0.0861. The van der Waals surface area contributed by atoms with Gasteiger partial charge in [0.25, 0.3) is 10.0 Å². The normalized spacial score (nSPS) is 12.6. The number of rotatable bonds is 12. The molecule has 0 aromatic heterocycles. The Bertz CT molecular complexity index is 1520. The molecule has 3 aromatic carbocycles. The van der Waals surface area contributed by atoms with E-state index in [0.29, 0.717) is 27.5 Å². The molecule has 1 atom stereocenters. The third kappa shape index (κ3) is 8.87. The van der Waals surface area contributed by atoms with Crippen molar-refractivity contribution < 1.29 is 31.2 Å². The van der Waals surface area contributed by atoms with Crippen LogP contribution in [0.5, 0.6) is 0 Å². The van der Waals surface area contributed by atoms with Gasteiger partial charge in [0.2, 0.25) is 11.8 Å². The van der Waals surface area contributed by atoms with Gasteiger partial charge in [-0.3, -0.25) is 13.9 Å². The molecule has 0 aliphatic carbocycles. The van der Waals surface area contributed by atoms with Gasteiger partial charge in [0.15, 0.2) is 0 Å². The number of carbonyl (C=O) groups is 2. The van der Waals surface area contributed by atoms with E-state index in [1.165, 1.54) is 29.2 Å². The van der Waals surface area contributed by atoms with Crippen molar-refractivity contribution in [3.8, 4) is 0 Å². The molecule has 2 amide bonds. The molecule has 3 aromatic rings. The predicted molar refractivity (Wildman–Crippen MR) is 161 cm³/mol. The van der Waals surface area contributed by atoms with Crippen molar-refractivity contribution in [3.63, 3.8) is 0 Å². The highest BCUT2D eigenvalue weighted by molar-refractivity contribution is 7.92. The number of benzene rings is 3. The summed E-state index contributed by atoms with van der Waals surface area (Å²) in [5, 5.41) is 2.63. The first-order chi connectivity index (χ1) is 20.1. The van der Waals surface area contributed by atoms with E-state index in [1.807, 2.05) is 13.8 Å². The van der Waals surface area contributed by atoms with Crippen molar-refractivity contribution in [2.24, 2.45) is 5.92 Å². The van der Waals surface area contributed by atoms with Gasteiger partial charge in [-0.1, -0.05) is 74.3 Å². The summed E-state index contributed by atoms with van der Waals surface area (Å²) in [5.74, 6) is -1.12. The fourth-order valence-corrected chi connectivity index (χ4v) is 6.04. The largest absolute Gasteiger partial charge is 0.417 e. The molecular formula is C30H32Cl2F3N3O4S. The minimum atomic E-state index is -4.89. The van der Waals surface area contributed by atoms with Gasteiger partial charge in [-0.05, 0) is 60.4 Å². The second-order valence-electron chi connectivity index (χ2n) is 10.2. The summed E-state index contributed by atoms with van der Waals surface area (Å²) in [6.07, 6.45) is -4.70. The first-order valence-corrected chi connectivity index (χ1v) is 15.6. The standard InChI is InChI=1S/C30H32Cl2F3N3O4S/c1-4-27(29(40)36-17-20(2)3)37(18-21-10-12-22(31)13-11-21)28(39)19-38(43(41,42)24-8-6-5-7-9-24)23-14-15-26(32)25(16-23)30(33,34)35/h5-16,20,27H,4,17-19H2,1-3H3,(H,36,40)/t27-/m0/s1. The Morgan fingerprint density at radius 3 is 2.14 bits per heavy atom. The maximum Gasteiger partial charge on any atom is 0.417 e. The summed E-state index contributed by atoms with van der Waals surface area (Å²) in [4.78, 5) is 28.3. The molecule has 0 aliphatic heterocycles. The first-order valence-electron chi connectivity index (χ1n) is 13.4. The summed E-state index contributed by atoms with van der Waals surface area (Å²) in [6, 6.07) is 15.2. The third-order valence-corrected chi connectivity index (χ3v) is 8.86. The zero-order valence-electron chi connectivity index (χ0n) is 23.7. The Kier molecular flexibility index (Phi) is 11.5. The number of amides is 2. The number of halogens is 5. The van der Waals surface area contributed by atoms with E-state index in [1.54, 1.807) is 37.3 Å². The van der Waals surface area contributed by atoms with Gasteiger partial charge in [0.1, 0.15) is 12.6 Å². The van der Waals surface area contributed by atoms with Gasteiger partial charge in [-0.25, -0.2) is 8.42 Å². The zero-order valence-corrected chi connectivity index (χ0v) is 26.1. The SMILES string of the molecule is CC[C@@H](C(=O)NCC(C)C)N(Cc1ccc(Cl)cc1)C(=O)CN(c1ccc(Cl)c(C(F)(F)F)c1)S(=O)(=O)c1ccccc1. The lowest BCUT2D eigenvalue weighted by Gasteiger charge is -2.33. The molecule has 1 N–H and O–H groups in total. The van der Waals surface area contributed by atoms with Crippen LogP contribution >= 0.6 is 23.2 Å². The monoisotopic (exact) mass is 657 g/mol. The van der Waals surface area contributed by atoms with E-state index in [2.05, 4.69) is 5.32 Å². The van der Waals surface area contributed by atoms with Gasteiger partial charge < -0.3 is 10.2 Å². The second-order valence-corrected chi connectivity index (χ2v) is 12.9. The van der Waals surface area contributed by atoms with E-state index in [-0.39, 0.29) is 23.8 Å². The highest BCUT2D eigenvalue weighted by Gasteiger charge is 2.37. The molecule has 0 bridgehead atoms. The van der Waals surface area contributed by atoms with Crippen LogP contribution in [0.2, 0.25) is 10.0 Å². The number of sulfonamides is 1. The number of anilines is 1. The number of alkyl halides is 3. The lowest BCUT2D eigenvalue weighted by atomic mass is 10.1. The average Bonchev–Trinajstić information content (AvgIpc) is 2.95. The Morgan fingerprint density at radius 1 is 0.953 bits per heavy atom. The summed E-state index contributed by atoms with van der Waals surface area (Å²) in [5.41, 5.74) is -1.07. The Balaban J connectivity index is 2.12. The molecule has 0 heterocycles. The zero-order chi connectivity index (χ0) is 31.9. The molecule has 232 valence electrons. The number of carbonyl (C=O) groups excluding carboxylic acids is 2. The average molecular weight is 659 g/mol. The number of hydrogen-bond acceptors (Lipinski definition) is 4. The first kappa shape index (κ1) is 34.2. The van der Waals surface area contributed by atoms with Gasteiger partial charge >= 0.3 is 6.18 Å². The molecule has 0 unspecified atom stereocenters. The third-order valence-electron chi connectivity index (χ3n) is 6.49. The lowest BCUT2D eigenvalue weighted by molar-refractivity contribution is -0.140. The molecule has 0 saturated heterocycles. The Morgan fingerprint density at radius 2 is 1.58 bits per heavy atom. The van der Waals surface area contributed by atoms with Gasteiger partial charge in [-0.2, -0.15) is 13.2 Å². The van der Waals surface area contributed by atoms with Crippen LogP contribution in [-0.4, -0.2) is 44.3 Å². The maximum atomic E-state index is 14.0. The minimum Gasteiger partial charge on any atom is -0.354 e. The summed E-state index contributed by atoms with van der Waals surface area (Å²) < 4.78 is 69.5. The van der Waals surface area contributed by atoms with Crippen molar-refractivity contribution in [2.75, 3.05) is 17.4 Å². The molecule has 3 rings (SSSR count). The molecule has 0 aliphatic rings. The van der Waals surface area contributed by atoms with Crippen LogP contribution in [0, 0.1) is 5.92 Å². The molecule has 7 nitrogen and oxygen atoms in total. The molecule has 0 fully saturated rings. The molecule has 0 spiro atoms. The summed E-state index contributed by atoms with van der Waals surface area (Å²) in [7, 11) is -4.55. The van der Waals surface area contributed by atoms with Crippen LogP contribution in [0.4, 0.5) is 18.9 Å². The van der Waals surface area contributed by atoms with Crippen LogP contribution in [0.1, 0.15) is 38.3 Å². The molecule has 0 saturated carbocycles. The van der Waals surface area contributed by atoms with Gasteiger partial charge in [0.05, 0.1) is 21.2 Å². The highest BCUT2D eigenvalue weighted by atomic mass is 35.5. The number of nitrogens with one attached hydrogen (secondary N) is 1. The number of nitrogens with zero attached hydrogens (tertiary/aromatic N) is 2. The van der Waals surface area contributed by atoms with E-state index in [0.717, 1.165) is 12.1 Å². The quantitative estimate of drug-likeness (QED) is 0.232. The van der Waals surface area contributed by atoms with Crippen molar-refractivity contribution in [3.05, 3.63) is 94.0 Å². The molecule has 13 heteroatoms. The van der Waals surface area contributed by atoms with E-state index >= 15 is 0 Å². The summed E-state index contributed by atoms with van der Waals surface area (Å²) >= 11 is 11.8. The van der Waals surface area contributed by atoms with E-state index < -0.39 is 56.9 Å². The van der Waals surface area contributed by atoms with Crippen molar-refractivity contribution in [1.82, 2.24) is 10.2 Å². The van der Waals surface area contributed by atoms with Crippen molar-refractivity contribution in [2.45, 2.75) is 50.9 Å².